The molecule has 3 aromatic heterocycles. The lowest BCUT2D eigenvalue weighted by atomic mass is 10.0. The molecule has 0 aliphatic carbocycles. The summed E-state index contributed by atoms with van der Waals surface area (Å²) in [5, 5.41) is 0.457. The Labute approximate surface area is 165 Å². The average molecular weight is 397 g/mol. The zero-order valence-corrected chi connectivity index (χ0v) is 16.7. The first kappa shape index (κ1) is 19.2. The molecule has 0 fully saturated rings. The summed E-state index contributed by atoms with van der Waals surface area (Å²) in [5.74, 6) is -0.932. The molecule has 0 bridgehead atoms. The van der Waals surface area contributed by atoms with Crippen LogP contribution in [0.25, 0.3) is 22.2 Å². The first-order valence-corrected chi connectivity index (χ1v) is 9.44. The van der Waals surface area contributed by atoms with E-state index in [4.69, 9.17) is 0 Å². The Hall–Kier alpha value is -3.16. The van der Waals surface area contributed by atoms with Gasteiger partial charge in [0.2, 0.25) is 0 Å². The van der Waals surface area contributed by atoms with Gasteiger partial charge in [0.15, 0.2) is 22.9 Å². The van der Waals surface area contributed by atoms with E-state index in [1.807, 2.05) is 11.5 Å². The summed E-state index contributed by atoms with van der Waals surface area (Å²) < 4.78 is 30.0. The van der Waals surface area contributed by atoms with Gasteiger partial charge >= 0.3 is 0 Å². The Kier molecular flexibility index (Phi) is 4.64. The lowest BCUT2D eigenvalue weighted by Crippen LogP contribution is -2.17. The van der Waals surface area contributed by atoms with Crippen LogP contribution in [0, 0.1) is 31.4 Å². The minimum Gasteiger partial charge on any atom is -0.319 e. The van der Waals surface area contributed by atoms with Gasteiger partial charge < -0.3 is 9.55 Å². The summed E-state index contributed by atoms with van der Waals surface area (Å²) in [4.78, 5) is 28.5. The molecule has 0 radical (unpaired) electrons. The Morgan fingerprint density at radius 3 is 2.66 bits per heavy atom. The zero-order chi connectivity index (χ0) is 20.9. The van der Waals surface area contributed by atoms with Crippen molar-refractivity contribution in [3.63, 3.8) is 0 Å². The summed E-state index contributed by atoms with van der Waals surface area (Å²) in [6.07, 6.45) is 2.36. The topological polar surface area (TPSA) is 76.5 Å². The molecule has 1 N–H and O–H groups in total. The summed E-state index contributed by atoms with van der Waals surface area (Å²) >= 11 is 0. The van der Waals surface area contributed by atoms with Crippen molar-refractivity contribution in [2.45, 2.75) is 40.7 Å². The van der Waals surface area contributed by atoms with Gasteiger partial charge in [-0.25, -0.2) is 23.7 Å². The maximum absolute atomic E-state index is 14.3. The molecule has 0 atom stereocenters. The van der Waals surface area contributed by atoms with Gasteiger partial charge in [-0.3, -0.25) is 4.79 Å². The van der Waals surface area contributed by atoms with E-state index in [1.54, 1.807) is 13.1 Å². The van der Waals surface area contributed by atoms with Crippen molar-refractivity contribution < 1.29 is 8.78 Å². The van der Waals surface area contributed by atoms with Crippen molar-refractivity contribution in [3.05, 3.63) is 63.0 Å². The van der Waals surface area contributed by atoms with E-state index in [1.165, 1.54) is 6.07 Å². The molecule has 150 valence electrons. The molecule has 3 heterocycles. The van der Waals surface area contributed by atoms with Crippen LogP contribution in [-0.4, -0.2) is 24.5 Å². The summed E-state index contributed by atoms with van der Waals surface area (Å²) in [5.41, 5.74) is 2.36. The fraction of sp³-hybridized carbons (Fsp3) is 0.333. The van der Waals surface area contributed by atoms with Crippen LogP contribution in [0.2, 0.25) is 0 Å². The van der Waals surface area contributed by atoms with Crippen molar-refractivity contribution >= 4 is 22.2 Å². The molecule has 6 nitrogen and oxygen atoms in total. The number of hydrogen-bond acceptors (Lipinski definition) is 4. The Morgan fingerprint density at radius 2 is 1.93 bits per heavy atom. The van der Waals surface area contributed by atoms with Gasteiger partial charge in [-0.15, -0.1) is 0 Å². The summed E-state index contributed by atoms with van der Waals surface area (Å²) in [6, 6.07) is 2.56. The van der Waals surface area contributed by atoms with Gasteiger partial charge in [0, 0.05) is 17.4 Å². The predicted molar refractivity (Wildman–Crippen MR) is 107 cm³/mol. The number of hydrogen-bond donors (Lipinski definition) is 1. The quantitative estimate of drug-likeness (QED) is 0.568. The standard InChI is InChI=1S/C21H21F2N5O/c1-10(2)7-16-26-19-20(24-8-11(3)25-19)28(16)9-14-12(4)21(29)27-18-13(14)5-6-15(22)17(18)23/h5-6,8,10H,7,9H2,1-4H3,(H,27,29). The van der Waals surface area contributed by atoms with Gasteiger partial charge in [0.1, 0.15) is 5.82 Å². The third-order valence-electron chi connectivity index (χ3n) is 5.02. The smallest absolute Gasteiger partial charge is 0.251 e. The van der Waals surface area contributed by atoms with Crippen LogP contribution in [0.3, 0.4) is 0 Å². The predicted octanol–water partition coefficient (Wildman–Crippen LogP) is 3.81. The maximum Gasteiger partial charge on any atom is 0.251 e. The molecule has 1 aromatic carbocycles. The van der Waals surface area contributed by atoms with Crippen LogP contribution in [0.1, 0.15) is 36.5 Å². The van der Waals surface area contributed by atoms with Gasteiger partial charge in [-0.05, 0) is 37.5 Å². The number of pyridine rings is 1. The van der Waals surface area contributed by atoms with Crippen LogP contribution in [0.15, 0.2) is 23.1 Å². The lowest BCUT2D eigenvalue weighted by Gasteiger charge is -2.14. The Morgan fingerprint density at radius 1 is 1.17 bits per heavy atom. The van der Waals surface area contributed by atoms with E-state index in [2.05, 4.69) is 33.8 Å². The highest BCUT2D eigenvalue weighted by Crippen LogP contribution is 2.25. The minimum atomic E-state index is -1.06. The first-order chi connectivity index (χ1) is 13.8. The van der Waals surface area contributed by atoms with E-state index in [0.29, 0.717) is 40.1 Å². The number of rotatable bonds is 4. The molecule has 29 heavy (non-hydrogen) atoms. The molecule has 0 saturated carbocycles. The molecular formula is C21H21F2N5O. The van der Waals surface area contributed by atoms with Crippen LogP contribution < -0.4 is 5.56 Å². The fourth-order valence-electron chi connectivity index (χ4n) is 3.55. The highest BCUT2D eigenvalue weighted by Gasteiger charge is 2.19. The third kappa shape index (κ3) is 3.28. The van der Waals surface area contributed by atoms with E-state index in [-0.39, 0.29) is 12.1 Å². The first-order valence-electron chi connectivity index (χ1n) is 9.44. The number of nitrogens with one attached hydrogen (secondary N) is 1. The SMILES string of the molecule is Cc1cnc2c(n1)nc(CC(C)C)n2Cc1c(C)c(=O)[nH]c2c(F)c(F)ccc12. The second kappa shape index (κ2) is 7.02. The second-order valence-electron chi connectivity index (χ2n) is 7.71. The molecule has 4 aromatic rings. The summed E-state index contributed by atoms with van der Waals surface area (Å²) in [6.45, 7) is 7.95. The van der Waals surface area contributed by atoms with Crippen LogP contribution in [0.5, 0.6) is 0 Å². The number of H-pyrrole nitrogens is 1. The normalized spacial score (nSPS) is 11.8. The average Bonchev–Trinajstić information content (AvgIpc) is 2.97. The van der Waals surface area contributed by atoms with Gasteiger partial charge in [-0.1, -0.05) is 13.8 Å². The van der Waals surface area contributed by atoms with Crippen molar-refractivity contribution in [2.75, 3.05) is 0 Å². The molecule has 8 heteroatoms. The van der Waals surface area contributed by atoms with Gasteiger partial charge in [0.05, 0.1) is 24.0 Å². The van der Waals surface area contributed by atoms with Crippen molar-refractivity contribution in [1.82, 2.24) is 24.5 Å². The van der Waals surface area contributed by atoms with Gasteiger partial charge in [-0.2, -0.15) is 0 Å². The number of halogens is 2. The fourth-order valence-corrected chi connectivity index (χ4v) is 3.55. The number of nitrogens with zero attached hydrogens (tertiary/aromatic N) is 4. The highest BCUT2D eigenvalue weighted by atomic mass is 19.2. The van der Waals surface area contributed by atoms with E-state index >= 15 is 0 Å². The summed E-state index contributed by atoms with van der Waals surface area (Å²) in [7, 11) is 0. The van der Waals surface area contributed by atoms with Crippen molar-refractivity contribution in [3.8, 4) is 0 Å². The van der Waals surface area contributed by atoms with Crippen molar-refractivity contribution in [2.24, 2.45) is 5.92 Å². The monoisotopic (exact) mass is 397 g/mol. The molecule has 4 rings (SSSR count). The number of imidazole rings is 1. The maximum atomic E-state index is 14.3. The largest absolute Gasteiger partial charge is 0.319 e. The minimum absolute atomic E-state index is 0.132. The molecule has 0 saturated heterocycles. The number of aromatic nitrogens is 5. The molecule has 0 aliphatic heterocycles. The Balaban J connectivity index is 1.98. The molecule has 0 amide bonds. The van der Waals surface area contributed by atoms with E-state index < -0.39 is 17.2 Å². The molecule has 0 unspecified atom stereocenters. The lowest BCUT2D eigenvalue weighted by molar-refractivity contribution is 0.515. The number of fused-ring (bicyclic) bond motifs is 2. The number of aryl methyl sites for hydroxylation is 1. The molecule has 0 spiro atoms. The molecule has 0 aliphatic rings. The van der Waals surface area contributed by atoms with Gasteiger partial charge in [0.25, 0.3) is 5.56 Å². The molecular weight excluding hydrogens is 376 g/mol. The number of aromatic amines is 1. The van der Waals surface area contributed by atoms with Crippen LogP contribution in [-0.2, 0) is 13.0 Å². The van der Waals surface area contributed by atoms with Crippen molar-refractivity contribution in [1.29, 1.82) is 0 Å². The van der Waals surface area contributed by atoms with Crippen LogP contribution in [0.4, 0.5) is 8.78 Å². The zero-order valence-electron chi connectivity index (χ0n) is 16.7. The van der Waals surface area contributed by atoms with E-state index in [9.17, 15) is 13.6 Å². The van der Waals surface area contributed by atoms with Crippen LogP contribution >= 0.6 is 0 Å². The number of benzene rings is 1. The Bertz CT molecular complexity index is 1310. The highest BCUT2D eigenvalue weighted by molar-refractivity contribution is 5.84. The second-order valence-corrected chi connectivity index (χ2v) is 7.71. The third-order valence-corrected chi connectivity index (χ3v) is 5.02. The van der Waals surface area contributed by atoms with E-state index in [0.717, 1.165) is 17.6 Å².